The number of amides is 1. The minimum absolute atomic E-state index is 0.0630. The summed E-state index contributed by atoms with van der Waals surface area (Å²) in [6.07, 6.45) is 2.51. The maximum Gasteiger partial charge on any atom is 0.354 e. The predicted octanol–water partition coefficient (Wildman–Crippen LogP) is 0.918. The number of hydrogen-bond donors (Lipinski definition) is 3. The third-order valence-electron chi connectivity index (χ3n) is 3.64. The first-order valence-corrected chi connectivity index (χ1v) is 7.54. The Morgan fingerprint density at radius 2 is 1.96 bits per heavy atom. The van der Waals surface area contributed by atoms with Gasteiger partial charge in [0.2, 0.25) is 0 Å². The fourth-order valence-corrected chi connectivity index (χ4v) is 2.39. The number of aromatic nitrogens is 3. The lowest BCUT2D eigenvalue weighted by Crippen LogP contribution is -2.29. The number of pyridine rings is 1. The van der Waals surface area contributed by atoms with Crippen molar-refractivity contribution in [1.29, 1.82) is 0 Å². The molecule has 126 valence electrons. The number of H-pyrrole nitrogens is 1. The number of nitrogens with zero attached hydrogens (tertiary/aromatic N) is 2. The van der Waals surface area contributed by atoms with Crippen LogP contribution in [-0.4, -0.2) is 32.2 Å². The lowest BCUT2D eigenvalue weighted by molar-refractivity contribution is 0.0689. The van der Waals surface area contributed by atoms with E-state index in [2.05, 4.69) is 20.5 Å². The standard InChI is InChI=1S/C16H18N4O4/c1-3-10-11(15(22)20-19-12(10)4-2)8-18-14(21)9-5-6-13(16(23)24)17-7-9/h5-7H,3-4,8H2,1-2H3,(H,18,21)(H,20,22)(H,23,24). The highest BCUT2D eigenvalue weighted by Gasteiger charge is 2.14. The van der Waals surface area contributed by atoms with E-state index in [4.69, 9.17) is 5.11 Å². The second kappa shape index (κ2) is 7.49. The minimum atomic E-state index is -1.16. The van der Waals surface area contributed by atoms with E-state index in [0.29, 0.717) is 18.4 Å². The summed E-state index contributed by atoms with van der Waals surface area (Å²) >= 11 is 0. The number of carbonyl (C=O) groups excluding carboxylic acids is 1. The van der Waals surface area contributed by atoms with E-state index in [0.717, 1.165) is 11.3 Å². The van der Waals surface area contributed by atoms with Gasteiger partial charge in [0.05, 0.1) is 11.3 Å². The molecule has 0 saturated carbocycles. The van der Waals surface area contributed by atoms with Gasteiger partial charge < -0.3 is 10.4 Å². The Labute approximate surface area is 137 Å². The Bertz CT molecular complexity index is 812. The molecule has 0 aliphatic heterocycles. The molecule has 0 aromatic carbocycles. The molecule has 2 aromatic rings. The molecular formula is C16H18N4O4. The molecule has 0 spiro atoms. The molecule has 2 heterocycles. The Morgan fingerprint density at radius 3 is 2.50 bits per heavy atom. The zero-order valence-electron chi connectivity index (χ0n) is 13.4. The molecule has 0 saturated heterocycles. The van der Waals surface area contributed by atoms with Crippen LogP contribution in [0, 0.1) is 0 Å². The van der Waals surface area contributed by atoms with Crippen molar-refractivity contribution in [3.8, 4) is 0 Å². The average Bonchev–Trinajstić information content (AvgIpc) is 2.60. The van der Waals surface area contributed by atoms with Gasteiger partial charge in [0.1, 0.15) is 5.69 Å². The van der Waals surface area contributed by atoms with Gasteiger partial charge in [-0.15, -0.1) is 0 Å². The Hall–Kier alpha value is -3.03. The van der Waals surface area contributed by atoms with E-state index in [-0.39, 0.29) is 23.4 Å². The number of carbonyl (C=O) groups is 2. The van der Waals surface area contributed by atoms with Crippen molar-refractivity contribution in [1.82, 2.24) is 20.5 Å². The number of carboxylic acid groups (broad SMARTS) is 1. The molecule has 0 fully saturated rings. The number of hydrogen-bond acceptors (Lipinski definition) is 5. The highest BCUT2D eigenvalue weighted by atomic mass is 16.4. The van der Waals surface area contributed by atoms with Gasteiger partial charge in [0.15, 0.2) is 0 Å². The molecule has 0 unspecified atom stereocenters. The average molecular weight is 330 g/mol. The largest absolute Gasteiger partial charge is 0.477 e. The van der Waals surface area contributed by atoms with Crippen molar-refractivity contribution in [2.45, 2.75) is 33.2 Å². The summed E-state index contributed by atoms with van der Waals surface area (Å²) < 4.78 is 0. The zero-order chi connectivity index (χ0) is 17.7. The highest BCUT2D eigenvalue weighted by molar-refractivity contribution is 5.94. The first-order chi connectivity index (χ1) is 11.5. The van der Waals surface area contributed by atoms with E-state index in [1.165, 1.54) is 18.3 Å². The molecule has 1 amide bonds. The second-order valence-corrected chi connectivity index (χ2v) is 5.08. The molecule has 0 aliphatic rings. The summed E-state index contributed by atoms with van der Waals surface area (Å²) in [6.45, 7) is 3.93. The highest BCUT2D eigenvalue weighted by Crippen LogP contribution is 2.10. The van der Waals surface area contributed by atoms with Crippen LogP contribution in [-0.2, 0) is 19.4 Å². The SMILES string of the molecule is CCc1n[nH]c(=O)c(CNC(=O)c2ccc(C(=O)O)nc2)c1CC. The van der Waals surface area contributed by atoms with Crippen LogP contribution < -0.4 is 10.9 Å². The second-order valence-electron chi connectivity index (χ2n) is 5.08. The molecule has 3 N–H and O–H groups in total. The fraction of sp³-hybridized carbons (Fsp3) is 0.312. The number of aromatic amines is 1. The van der Waals surface area contributed by atoms with Crippen molar-refractivity contribution in [2.24, 2.45) is 0 Å². The molecule has 0 atom stereocenters. The third-order valence-corrected chi connectivity index (χ3v) is 3.64. The topological polar surface area (TPSA) is 125 Å². The van der Waals surface area contributed by atoms with E-state index in [9.17, 15) is 14.4 Å². The number of rotatable bonds is 6. The van der Waals surface area contributed by atoms with Gasteiger partial charge in [0, 0.05) is 18.3 Å². The van der Waals surface area contributed by atoms with Crippen molar-refractivity contribution < 1.29 is 14.7 Å². The third kappa shape index (κ3) is 3.65. The number of aromatic carboxylic acids is 1. The first kappa shape index (κ1) is 17.3. The van der Waals surface area contributed by atoms with Gasteiger partial charge in [-0.1, -0.05) is 13.8 Å². The van der Waals surface area contributed by atoms with Gasteiger partial charge in [-0.3, -0.25) is 9.59 Å². The molecule has 2 rings (SSSR count). The molecule has 2 aromatic heterocycles. The van der Waals surface area contributed by atoms with Crippen molar-refractivity contribution in [3.63, 3.8) is 0 Å². The van der Waals surface area contributed by atoms with E-state index < -0.39 is 11.9 Å². The van der Waals surface area contributed by atoms with Gasteiger partial charge in [-0.2, -0.15) is 5.10 Å². The molecule has 0 aliphatic carbocycles. The van der Waals surface area contributed by atoms with Crippen LogP contribution in [0.4, 0.5) is 0 Å². The van der Waals surface area contributed by atoms with Crippen LogP contribution in [0.2, 0.25) is 0 Å². The van der Waals surface area contributed by atoms with Gasteiger partial charge >= 0.3 is 5.97 Å². The summed E-state index contributed by atoms with van der Waals surface area (Å²) in [5.41, 5.74) is 1.86. The monoisotopic (exact) mass is 330 g/mol. The maximum absolute atomic E-state index is 12.1. The number of carboxylic acids is 1. The minimum Gasteiger partial charge on any atom is -0.477 e. The normalized spacial score (nSPS) is 10.4. The van der Waals surface area contributed by atoms with Crippen LogP contribution >= 0.6 is 0 Å². The van der Waals surface area contributed by atoms with E-state index in [1.807, 2.05) is 13.8 Å². The smallest absolute Gasteiger partial charge is 0.354 e. The quantitative estimate of drug-likeness (QED) is 0.723. The fourth-order valence-electron chi connectivity index (χ4n) is 2.39. The molecule has 8 nitrogen and oxygen atoms in total. The van der Waals surface area contributed by atoms with Gasteiger partial charge in [-0.05, 0) is 30.5 Å². The summed E-state index contributed by atoms with van der Waals surface area (Å²) in [6, 6.07) is 2.63. The Kier molecular flexibility index (Phi) is 5.41. The summed E-state index contributed by atoms with van der Waals surface area (Å²) in [7, 11) is 0. The zero-order valence-corrected chi connectivity index (χ0v) is 13.4. The lowest BCUT2D eigenvalue weighted by Gasteiger charge is -2.11. The molecule has 8 heteroatoms. The molecule has 24 heavy (non-hydrogen) atoms. The van der Waals surface area contributed by atoms with Crippen LogP contribution in [0.5, 0.6) is 0 Å². The Morgan fingerprint density at radius 1 is 1.21 bits per heavy atom. The maximum atomic E-state index is 12.1. The van der Waals surface area contributed by atoms with Crippen molar-refractivity contribution >= 4 is 11.9 Å². The number of nitrogens with one attached hydrogen (secondary N) is 2. The van der Waals surface area contributed by atoms with Crippen LogP contribution in [0.3, 0.4) is 0 Å². The van der Waals surface area contributed by atoms with Crippen LogP contribution in [0.25, 0.3) is 0 Å². The van der Waals surface area contributed by atoms with Crippen LogP contribution in [0.1, 0.15) is 51.5 Å². The molecular weight excluding hydrogens is 312 g/mol. The molecule has 0 bridgehead atoms. The first-order valence-electron chi connectivity index (χ1n) is 7.54. The van der Waals surface area contributed by atoms with Crippen molar-refractivity contribution in [3.05, 3.63) is 56.8 Å². The summed E-state index contributed by atoms with van der Waals surface area (Å²) in [5, 5.41) is 17.9. The van der Waals surface area contributed by atoms with E-state index >= 15 is 0 Å². The van der Waals surface area contributed by atoms with E-state index in [1.54, 1.807) is 0 Å². The number of aryl methyl sites for hydroxylation is 1. The summed E-state index contributed by atoms with van der Waals surface area (Å²) in [4.78, 5) is 38.6. The predicted molar refractivity (Wildman–Crippen MR) is 86.0 cm³/mol. The van der Waals surface area contributed by atoms with Crippen LogP contribution in [0.15, 0.2) is 23.1 Å². The van der Waals surface area contributed by atoms with Gasteiger partial charge in [0.25, 0.3) is 11.5 Å². The Balaban J connectivity index is 2.17. The van der Waals surface area contributed by atoms with Gasteiger partial charge in [-0.25, -0.2) is 14.9 Å². The summed E-state index contributed by atoms with van der Waals surface area (Å²) in [5.74, 6) is -1.60. The van der Waals surface area contributed by atoms with Crippen molar-refractivity contribution in [2.75, 3.05) is 0 Å². The molecule has 0 radical (unpaired) electrons. The lowest BCUT2D eigenvalue weighted by atomic mass is 10.0.